The lowest BCUT2D eigenvalue weighted by atomic mass is 10.1. The van der Waals surface area contributed by atoms with Crippen LogP contribution in [0.4, 0.5) is 0 Å². The van der Waals surface area contributed by atoms with Crippen molar-refractivity contribution in [3.05, 3.63) is 12.2 Å². The van der Waals surface area contributed by atoms with Gasteiger partial charge in [-0.2, -0.15) is 0 Å². The van der Waals surface area contributed by atoms with Crippen molar-refractivity contribution in [3.63, 3.8) is 0 Å². The van der Waals surface area contributed by atoms with E-state index in [2.05, 4.69) is 13.5 Å². The molecule has 0 unspecified atom stereocenters. The van der Waals surface area contributed by atoms with E-state index in [4.69, 9.17) is 4.74 Å². The summed E-state index contributed by atoms with van der Waals surface area (Å²) in [4.78, 5) is 11.3. The van der Waals surface area contributed by atoms with Gasteiger partial charge in [0.2, 0.25) is 0 Å². The third-order valence-electron chi connectivity index (χ3n) is 2.50. The number of unbranched alkanes of at least 4 members (excludes halogenated alkanes) is 4. The number of esters is 1. The largest absolute Gasteiger partial charge is 0.466 e. The highest BCUT2D eigenvalue weighted by Crippen LogP contribution is 2.07. The van der Waals surface area contributed by atoms with E-state index in [1.54, 1.807) is 0 Å². The SMILES string of the molecule is C=C(C)CCCCC(=O)OCCCCCC. The van der Waals surface area contributed by atoms with Gasteiger partial charge in [0.25, 0.3) is 0 Å². The van der Waals surface area contributed by atoms with Crippen molar-refractivity contribution in [1.29, 1.82) is 0 Å². The molecule has 0 N–H and O–H groups in total. The predicted octanol–water partition coefficient (Wildman–Crippen LogP) is 4.25. The molecule has 0 aromatic heterocycles. The highest BCUT2D eigenvalue weighted by Gasteiger charge is 2.01. The molecule has 0 aliphatic carbocycles. The number of hydrogen-bond acceptors (Lipinski definition) is 2. The number of carbonyl (C=O) groups is 1. The molecule has 2 nitrogen and oxygen atoms in total. The molecular formula is C14H26O2. The summed E-state index contributed by atoms with van der Waals surface area (Å²) in [6, 6.07) is 0. The summed E-state index contributed by atoms with van der Waals surface area (Å²) >= 11 is 0. The first-order valence-corrected chi connectivity index (χ1v) is 6.46. The Morgan fingerprint density at radius 2 is 1.75 bits per heavy atom. The molecule has 0 spiro atoms. The zero-order chi connectivity index (χ0) is 12.2. The van der Waals surface area contributed by atoms with Crippen molar-refractivity contribution in [3.8, 4) is 0 Å². The average molecular weight is 226 g/mol. The average Bonchev–Trinajstić information content (AvgIpc) is 2.24. The van der Waals surface area contributed by atoms with Crippen molar-refractivity contribution in [2.24, 2.45) is 0 Å². The molecule has 0 heterocycles. The van der Waals surface area contributed by atoms with Gasteiger partial charge in [-0.1, -0.05) is 31.8 Å². The Bertz CT molecular complexity index is 197. The fourth-order valence-electron chi connectivity index (χ4n) is 1.48. The number of carbonyl (C=O) groups excluding carboxylic acids is 1. The van der Waals surface area contributed by atoms with Gasteiger partial charge in [0, 0.05) is 6.42 Å². The van der Waals surface area contributed by atoms with Gasteiger partial charge in [-0.05, 0) is 32.6 Å². The molecule has 0 saturated carbocycles. The van der Waals surface area contributed by atoms with Gasteiger partial charge in [-0.25, -0.2) is 0 Å². The van der Waals surface area contributed by atoms with E-state index in [1.807, 2.05) is 6.92 Å². The van der Waals surface area contributed by atoms with Crippen LogP contribution in [-0.2, 0) is 9.53 Å². The van der Waals surface area contributed by atoms with Crippen LogP contribution >= 0.6 is 0 Å². The van der Waals surface area contributed by atoms with Gasteiger partial charge >= 0.3 is 5.97 Å². The predicted molar refractivity (Wildman–Crippen MR) is 68.4 cm³/mol. The van der Waals surface area contributed by atoms with Gasteiger partial charge in [-0.15, -0.1) is 6.58 Å². The molecule has 2 heteroatoms. The van der Waals surface area contributed by atoms with Gasteiger partial charge in [0.1, 0.15) is 0 Å². The molecular weight excluding hydrogens is 200 g/mol. The summed E-state index contributed by atoms with van der Waals surface area (Å²) < 4.78 is 5.13. The van der Waals surface area contributed by atoms with E-state index < -0.39 is 0 Å². The third kappa shape index (κ3) is 11.3. The summed E-state index contributed by atoms with van der Waals surface area (Å²) in [5, 5.41) is 0. The first-order chi connectivity index (χ1) is 7.66. The smallest absolute Gasteiger partial charge is 0.305 e. The van der Waals surface area contributed by atoms with E-state index in [0.717, 1.165) is 25.7 Å². The molecule has 0 amide bonds. The summed E-state index contributed by atoms with van der Waals surface area (Å²) in [5.74, 6) is -0.0433. The lowest BCUT2D eigenvalue weighted by Crippen LogP contribution is -2.05. The molecule has 16 heavy (non-hydrogen) atoms. The van der Waals surface area contributed by atoms with Crippen LogP contribution in [0.2, 0.25) is 0 Å². The molecule has 0 atom stereocenters. The van der Waals surface area contributed by atoms with Crippen molar-refractivity contribution in [2.75, 3.05) is 6.61 Å². The van der Waals surface area contributed by atoms with Crippen molar-refractivity contribution >= 4 is 5.97 Å². The van der Waals surface area contributed by atoms with Crippen LogP contribution in [0.3, 0.4) is 0 Å². The second kappa shape index (κ2) is 10.7. The van der Waals surface area contributed by atoms with E-state index in [0.29, 0.717) is 13.0 Å². The minimum absolute atomic E-state index is 0.0433. The van der Waals surface area contributed by atoms with E-state index in [9.17, 15) is 4.79 Å². The molecule has 0 aromatic rings. The van der Waals surface area contributed by atoms with E-state index in [-0.39, 0.29) is 5.97 Å². The maximum atomic E-state index is 11.3. The standard InChI is InChI=1S/C14H26O2/c1-4-5-6-9-12-16-14(15)11-8-7-10-13(2)3/h2,4-12H2,1,3H3. The minimum Gasteiger partial charge on any atom is -0.466 e. The van der Waals surface area contributed by atoms with Crippen LogP contribution in [0.15, 0.2) is 12.2 Å². The van der Waals surface area contributed by atoms with Gasteiger partial charge in [0.05, 0.1) is 6.61 Å². The first-order valence-electron chi connectivity index (χ1n) is 6.46. The van der Waals surface area contributed by atoms with Crippen molar-refractivity contribution in [2.45, 2.75) is 65.2 Å². The Balaban J connectivity index is 3.21. The third-order valence-corrected chi connectivity index (χ3v) is 2.50. The Morgan fingerprint density at radius 3 is 2.38 bits per heavy atom. The minimum atomic E-state index is -0.0433. The van der Waals surface area contributed by atoms with Gasteiger partial charge in [-0.3, -0.25) is 4.79 Å². The molecule has 0 aliphatic rings. The fraction of sp³-hybridized carbons (Fsp3) is 0.786. The highest BCUT2D eigenvalue weighted by molar-refractivity contribution is 5.69. The van der Waals surface area contributed by atoms with Crippen LogP contribution in [0.5, 0.6) is 0 Å². The lowest BCUT2D eigenvalue weighted by Gasteiger charge is -2.04. The Labute approximate surface area is 100 Å². The quantitative estimate of drug-likeness (QED) is 0.316. The second-order valence-corrected chi connectivity index (χ2v) is 4.45. The fourth-order valence-corrected chi connectivity index (χ4v) is 1.48. The summed E-state index contributed by atoms with van der Waals surface area (Å²) in [7, 11) is 0. The summed E-state index contributed by atoms with van der Waals surface area (Å²) in [6.45, 7) is 8.62. The maximum absolute atomic E-state index is 11.3. The molecule has 94 valence electrons. The van der Waals surface area contributed by atoms with Crippen LogP contribution in [-0.4, -0.2) is 12.6 Å². The van der Waals surface area contributed by atoms with Crippen LogP contribution < -0.4 is 0 Å². The Morgan fingerprint density at radius 1 is 1.06 bits per heavy atom. The molecule has 0 fully saturated rings. The molecule has 0 aliphatic heterocycles. The van der Waals surface area contributed by atoms with E-state index in [1.165, 1.54) is 24.8 Å². The molecule has 0 radical (unpaired) electrons. The Hall–Kier alpha value is -0.790. The molecule has 0 rings (SSSR count). The van der Waals surface area contributed by atoms with Crippen molar-refractivity contribution in [1.82, 2.24) is 0 Å². The summed E-state index contributed by atoms with van der Waals surface area (Å²) in [5.41, 5.74) is 1.19. The van der Waals surface area contributed by atoms with E-state index >= 15 is 0 Å². The summed E-state index contributed by atoms with van der Waals surface area (Å²) in [6.07, 6.45) is 8.15. The number of ether oxygens (including phenoxy) is 1. The molecule has 0 saturated heterocycles. The normalized spacial score (nSPS) is 10.1. The van der Waals surface area contributed by atoms with Crippen LogP contribution in [0.1, 0.15) is 65.2 Å². The number of hydrogen-bond donors (Lipinski definition) is 0. The van der Waals surface area contributed by atoms with Crippen LogP contribution in [0, 0.1) is 0 Å². The molecule has 0 aromatic carbocycles. The lowest BCUT2D eigenvalue weighted by molar-refractivity contribution is -0.143. The van der Waals surface area contributed by atoms with Gasteiger partial charge in [0.15, 0.2) is 0 Å². The van der Waals surface area contributed by atoms with Crippen LogP contribution in [0.25, 0.3) is 0 Å². The Kier molecular flexibility index (Phi) is 10.2. The monoisotopic (exact) mass is 226 g/mol. The zero-order valence-corrected chi connectivity index (χ0v) is 10.9. The topological polar surface area (TPSA) is 26.3 Å². The number of rotatable bonds is 10. The second-order valence-electron chi connectivity index (χ2n) is 4.45. The maximum Gasteiger partial charge on any atom is 0.305 e. The number of allylic oxidation sites excluding steroid dienone is 1. The van der Waals surface area contributed by atoms with Gasteiger partial charge < -0.3 is 4.74 Å². The first kappa shape index (κ1) is 15.2. The highest BCUT2D eigenvalue weighted by atomic mass is 16.5. The zero-order valence-electron chi connectivity index (χ0n) is 10.9. The van der Waals surface area contributed by atoms with Crippen molar-refractivity contribution < 1.29 is 9.53 Å². The molecule has 0 bridgehead atoms.